The van der Waals surface area contributed by atoms with Crippen molar-refractivity contribution in [2.75, 3.05) is 14.1 Å². The SMILES string of the molecule is C=C(C(=C)N(C)C)C(C)C. The van der Waals surface area contributed by atoms with E-state index < -0.39 is 0 Å². The molecule has 0 atom stereocenters. The van der Waals surface area contributed by atoms with Crippen LogP contribution in [0.1, 0.15) is 13.8 Å². The fraction of sp³-hybridized carbons (Fsp3) is 0.556. The monoisotopic (exact) mass is 139 g/mol. The van der Waals surface area contributed by atoms with E-state index in [-0.39, 0.29) is 0 Å². The Hall–Kier alpha value is -0.720. The Morgan fingerprint density at radius 3 is 1.70 bits per heavy atom. The van der Waals surface area contributed by atoms with Crippen LogP contribution in [0.25, 0.3) is 0 Å². The summed E-state index contributed by atoms with van der Waals surface area (Å²) < 4.78 is 0. The number of allylic oxidation sites excluding steroid dienone is 1. The molecule has 0 rings (SSSR count). The molecule has 0 saturated heterocycles. The summed E-state index contributed by atoms with van der Waals surface area (Å²) in [5.74, 6) is 0.495. The minimum Gasteiger partial charge on any atom is -0.378 e. The van der Waals surface area contributed by atoms with Gasteiger partial charge in [-0.05, 0) is 11.5 Å². The van der Waals surface area contributed by atoms with Crippen LogP contribution in [0.2, 0.25) is 0 Å². The summed E-state index contributed by atoms with van der Waals surface area (Å²) in [7, 11) is 3.96. The van der Waals surface area contributed by atoms with E-state index >= 15 is 0 Å². The Bertz CT molecular complexity index is 125. The van der Waals surface area contributed by atoms with Crippen molar-refractivity contribution in [3.05, 3.63) is 24.4 Å². The Morgan fingerprint density at radius 1 is 1.20 bits per heavy atom. The number of likely N-dealkylation sites (N-methyl/N-ethyl adjacent to an activating group) is 1. The topological polar surface area (TPSA) is 3.24 Å². The first-order valence-corrected chi connectivity index (χ1v) is 3.52. The third kappa shape index (κ3) is 2.26. The quantitative estimate of drug-likeness (QED) is 0.542. The van der Waals surface area contributed by atoms with E-state index in [1.807, 2.05) is 19.0 Å². The van der Waals surface area contributed by atoms with Crippen molar-refractivity contribution in [2.24, 2.45) is 5.92 Å². The highest BCUT2D eigenvalue weighted by atomic mass is 15.1. The number of hydrogen-bond acceptors (Lipinski definition) is 1. The predicted molar refractivity (Wildman–Crippen MR) is 46.8 cm³/mol. The molecule has 0 aromatic carbocycles. The van der Waals surface area contributed by atoms with Crippen LogP contribution in [0.5, 0.6) is 0 Å². The van der Waals surface area contributed by atoms with Gasteiger partial charge in [0.25, 0.3) is 0 Å². The van der Waals surface area contributed by atoms with Crippen LogP contribution in [0, 0.1) is 5.92 Å². The molecule has 0 aliphatic heterocycles. The van der Waals surface area contributed by atoms with Gasteiger partial charge in [0, 0.05) is 19.8 Å². The van der Waals surface area contributed by atoms with E-state index in [1.165, 1.54) is 0 Å². The van der Waals surface area contributed by atoms with Crippen molar-refractivity contribution in [1.82, 2.24) is 4.90 Å². The molecule has 0 unspecified atom stereocenters. The van der Waals surface area contributed by atoms with E-state index in [0.29, 0.717) is 5.92 Å². The van der Waals surface area contributed by atoms with Gasteiger partial charge in [0.05, 0.1) is 0 Å². The van der Waals surface area contributed by atoms with Gasteiger partial charge in [0.1, 0.15) is 0 Å². The zero-order valence-corrected chi connectivity index (χ0v) is 7.44. The van der Waals surface area contributed by atoms with Crippen LogP contribution in [0.4, 0.5) is 0 Å². The summed E-state index contributed by atoms with van der Waals surface area (Å²) in [5, 5.41) is 0. The standard InChI is InChI=1S/C9H17N/c1-7(2)8(3)9(4)10(5)6/h7H,3-4H2,1-2,5-6H3. The maximum atomic E-state index is 3.93. The molecule has 58 valence electrons. The van der Waals surface area contributed by atoms with Crippen LogP contribution < -0.4 is 0 Å². The number of nitrogens with zero attached hydrogens (tertiary/aromatic N) is 1. The molecular weight excluding hydrogens is 122 g/mol. The smallest absolute Gasteiger partial charge is 0.0317 e. The van der Waals surface area contributed by atoms with Crippen molar-refractivity contribution < 1.29 is 0 Å². The molecule has 0 spiro atoms. The van der Waals surface area contributed by atoms with E-state index in [0.717, 1.165) is 11.3 Å². The average Bonchev–Trinajstić information content (AvgIpc) is 1.84. The van der Waals surface area contributed by atoms with E-state index in [9.17, 15) is 0 Å². The normalized spacial score (nSPS) is 9.70. The molecule has 0 N–H and O–H groups in total. The van der Waals surface area contributed by atoms with Crippen LogP contribution >= 0.6 is 0 Å². The van der Waals surface area contributed by atoms with Gasteiger partial charge in [0.2, 0.25) is 0 Å². The molecule has 1 heteroatoms. The molecule has 0 aliphatic carbocycles. The summed E-state index contributed by atoms with van der Waals surface area (Å²) >= 11 is 0. The second-order valence-electron chi connectivity index (χ2n) is 3.02. The lowest BCUT2D eigenvalue weighted by Gasteiger charge is -2.19. The van der Waals surface area contributed by atoms with Gasteiger partial charge < -0.3 is 4.90 Å². The summed E-state index contributed by atoms with van der Waals surface area (Å²) in [5.41, 5.74) is 2.14. The largest absolute Gasteiger partial charge is 0.378 e. The predicted octanol–water partition coefficient (Wildman–Crippen LogP) is 2.27. The van der Waals surface area contributed by atoms with Crippen LogP contribution in [0.15, 0.2) is 24.4 Å². The number of hydrogen-bond donors (Lipinski definition) is 0. The fourth-order valence-corrected chi connectivity index (χ4v) is 0.620. The lowest BCUT2D eigenvalue weighted by atomic mass is 10.0. The highest BCUT2D eigenvalue weighted by molar-refractivity contribution is 5.24. The van der Waals surface area contributed by atoms with Gasteiger partial charge in [-0.3, -0.25) is 0 Å². The third-order valence-electron chi connectivity index (χ3n) is 1.61. The molecule has 0 aromatic heterocycles. The molecule has 10 heavy (non-hydrogen) atoms. The van der Waals surface area contributed by atoms with Crippen LogP contribution in [0.3, 0.4) is 0 Å². The van der Waals surface area contributed by atoms with Gasteiger partial charge in [-0.25, -0.2) is 0 Å². The number of rotatable bonds is 3. The molecular formula is C9H17N. The van der Waals surface area contributed by atoms with Gasteiger partial charge >= 0.3 is 0 Å². The van der Waals surface area contributed by atoms with Crippen molar-refractivity contribution in [3.8, 4) is 0 Å². The van der Waals surface area contributed by atoms with Gasteiger partial charge in [-0.1, -0.05) is 27.0 Å². The first kappa shape index (κ1) is 9.28. The maximum Gasteiger partial charge on any atom is 0.0317 e. The van der Waals surface area contributed by atoms with Crippen molar-refractivity contribution in [3.63, 3.8) is 0 Å². The van der Waals surface area contributed by atoms with Crippen molar-refractivity contribution in [1.29, 1.82) is 0 Å². The lowest BCUT2D eigenvalue weighted by Crippen LogP contribution is -2.13. The van der Waals surface area contributed by atoms with E-state index in [4.69, 9.17) is 0 Å². The summed E-state index contributed by atoms with van der Waals surface area (Å²) in [6.45, 7) is 12.1. The fourth-order valence-electron chi connectivity index (χ4n) is 0.620. The zero-order valence-electron chi connectivity index (χ0n) is 7.44. The molecule has 0 amide bonds. The van der Waals surface area contributed by atoms with Crippen molar-refractivity contribution >= 4 is 0 Å². The summed E-state index contributed by atoms with van der Waals surface area (Å²) in [4.78, 5) is 1.99. The molecule has 0 aliphatic rings. The first-order chi connectivity index (χ1) is 4.46. The van der Waals surface area contributed by atoms with Crippen LogP contribution in [-0.4, -0.2) is 19.0 Å². The summed E-state index contributed by atoms with van der Waals surface area (Å²) in [6.07, 6.45) is 0. The summed E-state index contributed by atoms with van der Waals surface area (Å²) in [6, 6.07) is 0. The van der Waals surface area contributed by atoms with Crippen LogP contribution in [-0.2, 0) is 0 Å². The second-order valence-corrected chi connectivity index (χ2v) is 3.02. The molecule has 0 heterocycles. The Labute approximate surface area is 64.0 Å². The van der Waals surface area contributed by atoms with Gasteiger partial charge in [-0.2, -0.15) is 0 Å². The lowest BCUT2D eigenvalue weighted by molar-refractivity contribution is 0.508. The minimum absolute atomic E-state index is 0.495. The molecule has 0 saturated carbocycles. The van der Waals surface area contributed by atoms with Crippen molar-refractivity contribution in [2.45, 2.75) is 13.8 Å². The second kappa shape index (κ2) is 3.45. The van der Waals surface area contributed by atoms with E-state index in [1.54, 1.807) is 0 Å². The first-order valence-electron chi connectivity index (χ1n) is 3.52. The maximum absolute atomic E-state index is 3.93. The third-order valence-corrected chi connectivity index (χ3v) is 1.61. The highest BCUT2D eigenvalue weighted by Gasteiger charge is 2.04. The Kier molecular flexibility index (Phi) is 3.20. The van der Waals surface area contributed by atoms with E-state index in [2.05, 4.69) is 27.0 Å². The molecule has 0 fully saturated rings. The molecule has 1 nitrogen and oxygen atoms in total. The van der Waals surface area contributed by atoms with Gasteiger partial charge in [-0.15, -0.1) is 0 Å². The highest BCUT2D eigenvalue weighted by Crippen LogP contribution is 2.16. The minimum atomic E-state index is 0.495. The Morgan fingerprint density at radius 2 is 1.60 bits per heavy atom. The average molecular weight is 139 g/mol. The molecule has 0 radical (unpaired) electrons. The van der Waals surface area contributed by atoms with Gasteiger partial charge in [0.15, 0.2) is 0 Å². The zero-order chi connectivity index (χ0) is 8.31. The molecule has 0 bridgehead atoms. The Balaban J connectivity index is 4.10. The molecule has 0 aromatic rings.